The number of hydrogen-bond donors (Lipinski definition) is 1. The van der Waals surface area contributed by atoms with Crippen molar-refractivity contribution in [1.82, 2.24) is 14.8 Å². The molecule has 0 aliphatic carbocycles. The summed E-state index contributed by atoms with van der Waals surface area (Å²) in [7, 11) is 2.16. The van der Waals surface area contributed by atoms with Crippen LogP contribution in [-0.2, 0) is 13.6 Å². The largest absolute Gasteiger partial charge is 0.346 e. The van der Waals surface area contributed by atoms with Crippen molar-refractivity contribution in [3.8, 4) is 0 Å². The first-order chi connectivity index (χ1) is 8.74. The van der Waals surface area contributed by atoms with E-state index in [2.05, 4.69) is 62.0 Å². The summed E-state index contributed by atoms with van der Waals surface area (Å²) in [5.74, 6) is 0. The maximum Gasteiger partial charge on any atom is 0.0481 e. The van der Waals surface area contributed by atoms with Gasteiger partial charge < -0.3 is 9.88 Å². The van der Waals surface area contributed by atoms with E-state index in [1.807, 2.05) is 0 Å². The summed E-state index contributed by atoms with van der Waals surface area (Å²) in [6.45, 7) is 5.55. The maximum absolute atomic E-state index is 3.54. The van der Waals surface area contributed by atoms with Crippen molar-refractivity contribution in [3.63, 3.8) is 0 Å². The Kier molecular flexibility index (Phi) is 3.41. The van der Waals surface area contributed by atoms with Crippen LogP contribution in [0.2, 0.25) is 0 Å². The Morgan fingerprint density at radius 1 is 1.22 bits per heavy atom. The minimum absolute atomic E-state index is 1.05. The number of nitrogens with one attached hydrogen (secondary N) is 1. The van der Waals surface area contributed by atoms with Crippen LogP contribution >= 0.6 is 15.9 Å². The van der Waals surface area contributed by atoms with Gasteiger partial charge in [0.2, 0.25) is 0 Å². The first-order valence-electron chi connectivity index (χ1n) is 6.41. The summed E-state index contributed by atoms with van der Waals surface area (Å²) in [5, 5.41) is 4.71. The molecule has 0 saturated carbocycles. The van der Waals surface area contributed by atoms with Gasteiger partial charge >= 0.3 is 0 Å². The Morgan fingerprint density at radius 2 is 2.00 bits per heavy atom. The van der Waals surface area contributed by atoms with Crippen molar-refractivity contribution in [2.24, 2.45) is 7.05 Å². The highest BCUT2D eigenvalue weighted by atomic mass is 79.9. The zero-order valence-electron chi connectivity index (χ0n) is 10.6. The van der Waals surface area contributed by atoms with Gasteiger partial charge in [-0.25, -0.2) is 0 Å². The molecule has 2 aromatic rings. The second-order valence-corrected chi connectivity index (χ2v) is 5.84. The van der Waals surface area contributed by atoms with E-state index in [0.717, 1.165) is 37.2 Å². The number of hydrogen-bond acceptors (Lipinski definition) is 2. The van der Waals surface area contributed by atoms with Gasteiger partial charge in [-0.15, -0.1) is 0 Å². The summed E-state index contributed by atoms with van der Waals surface area (Å²) in [6.07, 6.45) is 0. The summed E-state index contributed by atoms with van der Waals surface area (Å²) in [6, 6.07) is 8.79. The molecule has 0 atom stereocenters. The smallest absolute Gasteiger partial charge is 0.0481 e. The molecule has 0 spiro atoms. The average Bonchev–Trinajstić information content (AvgIpc) is 2.67. The zero-order chi connectivity index (χ0) is 12.5. The van der Waals surface area contributed by atoms with Gasteiger partial charge in [-0.1, -0.05) is 15.9 Å². The quantitative estimate of drug-likeness (QED) is 0.919. The van der Waals surface area contributed by atoms with Crippen LogP contribution in [0.1, 0.15) is 5.69 Å². The number of aryl methyl sites for hydroxylation is 1. The van der Waals surface area contributed by atoms with Crippen molar-refractivity contribution in [3.05, 3.63) is 34.4 Å². The van der Waals surface area contributed by atoms with Crippen molar-refractivity contribution < 1.29 is 0 Å². The molecule has 1 aromatic heterocycles. The van der Waals surface area contributed by atoms with Gasteiger partial charge in [0.1, 0.15) is 0 Å². The molecule has 1 aliphatic rings. The van der Waals surface area contributed by atoms with E-state index in [0.29, 0.717) is 0 Å². The number of aromatic nitrogens is 1. The van der Waals surface area contributed by atoms with E-state index in [1.165, 1.54) is 16.6 Å². The van der Waals surface area contributed by atoms with Crippen LogP contribution in [0.3, 0.4) is 0 Å². The molecule has 0 unspecified atom stereocenters. The molecule has 3 rings (SSSR count). The lowest BCUT2D eigenvalue weighted by molar-refractivity contribution is 0.229. The lowest BCUT2D eigenvalue weighted by atomic mass is 10.2. The van der Waals surface area contributed by atoms with E-state index in [1.54, 1.807) is 0 Å². The standard InChI is InChI=1S/C14H18BrN3/c1-17-13(10-18-6-4-16-5-7-18)9-11-8-12(15)2-3-14(11)17/h2-3,8-9,16H,4-7,10H2,1H3. The molecule has 0 amide bonds. The predicted molar refractivity (Wildman–Crippen MR) is 78.8 cm³/mol. The van der Waals surface area contributed by atoms with Crippen LogP contribution in [0.15, 0.2) is 28.7 Å². The summed E-state index contributed by atoms with van der Waals surface area (Å²) in [5.41, 5.74) is 2.70. The molecule has 4 heteroatoms. The van der Waals surface area contributed by atoms with E-state index in [4.69, 9.17) is 0 Å². The van der Waals surface area contributed by atoms with Gasteiger partial charge in [0.05, 0.1) is 0 Å². The molecule has 2 heterocycles. The Morgan fingerprint density at radius 3 is 2.78 bits per heavy atom. The number of fused-ring (bicyclic) bond motifs is 1. The van der Waals surface area contributed by atoms with E-state index >= 15 is 0 Å². The average molecular weight is 308 g/mol. The minimum Gasteiger partial charge on any atom is -0.346 e. The molecule has 3 nitrogen and oxygen atoms in total. The van der Waals surface area contributed by atoms with Crippen molar-refractivity contribution in [1.29, 1.82) is 0 Å². The van der Waals surface area contributed by atoms with Gasteiger partial charge in [0.15, 0.2) is 0 Å². The fourth-order valence-corrected chi connectivity index (χ4v) is 3.01. The number of halogens is 1. The van der Waals surface area contributed by atoms with E-state index in [-0.39, 0.29) is 0 Å². The Hall–Kier alpha value is -0.840. The summed E-state index contributed by atoms with van der Waals surface area (Å²) >= 11 is 3.54. The third-order valence-corrected chi connectivity index (χ3v) is 4.19. The highest BCUT2D eigenvalue weighted by Gasteiger charge is 2.13. The monoisotopic (exact) mass is 307 g/mol. The van der Waals surface area contributed by atoms with Crippen molar-refractivity contribution in [2.75, 3.05) is 26.2 Å². The number of nitrogens with zero attached hydrogens (tertiary/aromatic N) is 2. The van der Waals surface area contributed by atoms with Crippen LogP contribution in [0, 0.1) is 0 Å². The second-order valence-electron chi connectivity index (χ2n) is 4.92. The van der Waals surface area contributed by atoms with Crippen molar-refractivity contribution in [2.45, 2.75) is 6.54 Å². The highest BCUT2D eigenvalue weighted by Crippen LogP contribution is 2.23. The van der Waals surface area contributed by atoms with Gasteiger partial charge in [-0.05, 0) is 24.3 Å². The first-order valence-corrected chi connectivity index (χ1v) is 7.20. The van der Waals surface area contributed by atoms with Gasteiger partial charge in [0, 0.05) is 60.8 Å². The van der Waals surface area contributed by atoms with Crippen LogP contribution in [0.25, 0.3) is 10.9 Å². The molecule has 0 bridgehead atoms. The van der Waals surface area contributed by atoms with Gasteiger partial charge in [-0.3, -0.25) is 4.90 Å². The third kappa shape index (κ3) is 2.32. The first kappa shape index (κ1) is 12.2. The fourth-order valence-electron chi connectivity index (χ4n) is 2.63. The second kappa shape index (κ2) is 5.03. The van der Waals surface area contributed by atoms with Crippen LogP contribution < -0.4 is 5.32 Å². The Balaban J connectivity index is 1.89. The minimum atomic E-state index is 1.05. The predicted octanol–water partition coefficient (Wildman–Crippen LogP) is 2.35. The molecule has 1 aliphatic heterocycles. The summed E-state index contributed by atoms with van der Waals surface area (Å²) in [4.78, 5) is 2.51. The molecule has 1 aromatic carbocycles. The third-order valence-electron chi connectivity index (χ3n) is 3.70. The lowest BCUT2D eigenvalue weighted by Crippen LogP contribution is -2.43. The lowest BCUT2D eigenvalue weighted by Gasteiger charge is -2.27. The Labute approximate surface area is 116 Å². The zero-order valence-corrected chi connectivity index (χ0v) is 12.2. The molecule has 18 heavy (non-hydrogen) atoms. The molecular weight excluding hydrogens is 290 g/mol. The van der Waals surface area contributed by atoms with Crippen LogP contribution in [-0.4, -0.2) is 35.6 Å². The molecule has 1 N–H and O–H groups in total. The number of piperazine rings is 1. The van der Waals surface area contributed by atoms with Gasteiger partial charge in [0.25, 0.3) is 0 Å². The van der Waals surface area contributed by atoms with Gasteiger partial charge in [-0.2, -0.15) is 0 Å². The van der Waals surface area contributed by atoms with Crippen LogP contribution in [0.4, 0.5) is 0 Å². The topological polar surface area (TPSA) is 20.2 Å². The molecule has 96 valence electrons. The maximum atomic E-state index is 3.54. The molecular formula is C14H18BrN3. The van der Waals surface area contributed by atoms with Crippen molar-refractivity contribution >= 4 is 26.8 Å². The SMILES string of the molecule is Cn1c(CN2CCNCC2)cc2cc(Br)ccc21. The van der Waals surface area contributed by atoms with E-state index in [9.17, 15) is 0 Å². The van der Waals surface area contributed by atoms with E-state index < -0.39 is 0 Å². The summed E-state index contributed by atoms with van der Waals surface area (Å²) < 4.78 is 3.46. The number of rotatable bonds is 2. The fraction of sp³-hybridized carbons (Fsp3) is 0.429. The highest BCUT2D eigenvalue weighted by molar-refractivity contribution is 9.10. The van der Waals surface area contributed by atoms with Crippen LogP contribution in [0.5, 0.6) is 0 Å². The number of benzene rings is 1. The molecule has 1 fully saturated rings. The molecule has 0 radical (unpaired) electrons. The Bertz CT molecular complexity index is 555. The molecule has 1 saturated heterocycles. The normalized spacial score (nSPS) is 17.4.